The van der Waals surface area contributed by atoms with Crippen molar-refractivity contribution in [2.24, 2.45) is 0 Å². The molecule has 0 aliphatic carbocycles. The van der Waals surface area contributed by atoms with Gasteiger partial charge in [-0.1, -0.05) is 44.9 Å². The molecule has 2 amide bonds. The van der Waals surface area contributed by atoms with E-state index >= 15 is 0 Å². The highest BCUT2D eigenvalue weighted by Gasteiger charge is 2.17. The largest absolute Gasteiger partial charge is 0.483 e. The fourth-order valence-electron chi connectivity index (χ4n) is 3.58. The number of nitrogens with one attached hydrogen (secondary N) is 1. The second-order valence-electron chi connectivity index (χ2n) is 7.81. The lowest BCUT2D eigenvalue weighted by Gasteiger charge is -2.20. The minimum Gasteiger partial charge on any atom is -0.483 e. The van der Waals surface area contributed by atoms with E-state index in [0.717, 1.165) is 37.2 Å². The fourth-order valence-corrected chi connectivity index (χ4v) is 3.58. The maximum atomic E-state index is 12.7. The second kappa shape index (κ2) is 10.1. The Morgan fingerprint density at radius 2 is 1.62 bits per heavy atom. The van der Waals surface area contributed by atoms with Crippen molar-refractivity contribution in [2.75, 3.05) is 25.0 Å². The molecule has 29 heavy (non-hydrogen) atoms. The molecule has 0 bridgehead atoms. The van der Waals surface area contributed by atoms with Gasteiger partial charge in [0.25, 0.3) is 11.8 Å². The first-order valence-corrected chi connectivity index (χ1v) is 10.5. The number of rotatable bonds is 6. The lowest BCUT2D eigenvalue weighted by atomic mass is 10.0. The van der Waals surface area contributed by atoms with Crippen LogP contribution in [-0.2, 0) is 4.79 Å². The third-order valence-corrected chi connectivity index (χ3v) is 5.21. The fraction of sp³-hybridized carbons (Fsp3) is 0.417. The summed E-state index contributed by atoms with van der Waals surface area (Å²) in [5, 5.41) is 2.83. The molecule has 0 atom stereocenters. The predicted molar refractivity (Wildman–Crippen MR) is 115 cm³/mol. The van der Waals surface area contributed by atoms with Crippen molar-refractivity contribution in [3.8, 4) is 5.75 Å². The number of carbonyl (C=O) groups excluding carboxylic acids is 2. The Labute approximate surface area is 173 Å². The van der Waals surface area contributed by atoms with Crippen LogP contribution < -0.4 is 10.1 Å². The van der Waals surface area contributed by atoms with Crippen LogP contribution in [0.3, 0.4) is 0 Å². The Hall–Kier alpha value is -2.82. The third-order valence-electron chi connectivity index (χ3n) is 5.21. The normalized spacial score (nSPS) is 14.4. The van der Waals surface area contributed by atoms with Crippen molar-refractivity contribution < 1.29 is 14.3 Å². The summed E-state index contributed by atoms with van der Waals surface area (Å²) in [6.07, 6.45) is 4.52. The Bertz CT molecular complexity index is 822. The molecule has 5 nitrogen and oxygen atoms in total. The first-order chi connectivity index (χ1) is 14.0. The number of benzene rings is 2. The summed E-state index contributed by atoms with van der Waals surface area (Å²) < 4.78 is 5.71. The van der Waals surface area contributed by atoms with Gasteiger partial charge in [0.05, 0.1) is 0 Å². The molecule has 154 valence electrons. The van der Waals surface area contributed by atoms with E-state index < -0.39 is 0 Å². The molecule has 5 heteroatoms. The van der Waals surface area contributed by atoms with Crippen LogP contribution in [0.4, 0.5) is 5.69 Å². The molecule has 0 saturated carbocycles. The number of carbonyl (C=O) groups is 2. The first-order valence-electron chi connectivity index (χ1n) is 10.5. The second-order valence-corrected chi connectivity index (χ2v) is 7.81. The summed E-state index contributed by atoms with van der Waals surface area (Å²) in [6.45, 7) is 5.78. The highest BCUT2D eigenvalue weighted by molar-refractivity contribution is 5.96. The van der Waals surface area contributed by atoms with Gasteiger partial charge in [-0.05, 0) is 54.7 Å². The quantitative estimate of drug-likeness (QED) is 0.762. The van der Waals surface area contributed by atoms with Crippen LogP contribution in [0, 0.1) is 0 Å². The summed E-state index contributed by atoms with van der Waals surface area (Å²) in [6, 6.07) is 14.9. The lowest BCUT2D eigenvalue weighted by molar-refractivity contribution is -0.118. The summed E-state index contributed by atoms with van der Waals surface area (Å²) in [5.41, 5.74) is 2.40. The van der Waals surface area contributed by atoms with Gasteiger partial charge < -0.3 is 15.0 Å². The molecule has 0 unspecified atom stereocenters. The van der Waals surface area contributed by atoms with Gasteiger partial charge in [0.15, 0.2) is 6.61 Å². The molecule has 1 aliphatic heterocycles. The Morgan fingerprint density at radius 3 is 2.28 bits per heavy atom. The van der Waals surface area contributed by atoms with Crippen molar-refractivity contribution >= 4 is 17.5 Å². The van der Waals surface area contributed by atoms with E-state index in [1.807, 2.05) is 29.2 Å². The Balaban J connectivity index is 1.54. The molecule has 1 saturated heterocycles. The highest BCUT2D eigenvalue weighted by Crippen LogP contribution is 2.25. The number of nitrogens with zero attached hydrogens (tertiary/aromatic N) is 1. The number of likely N-dealkylation sites (tertiary alicyclic amines) is 1. The van der Waals surface area contributed by atoms with Crippen molar-refractivity contribution in [1.29, 1.82) is 0 Å². The van der Waals surface area contributed by atoms with Crippen LogP contribution >= 0.6 is 0 Å². The molecule has 3 rings (SSSR count). The number of hydrogen-bond donors (Lipinski definition) is 1. The minimum absolute atomic E-state index is 0.0573. The maximum absolute atomic E-state index is 12.7. The summed E-state index contributed by atoms with van der Waals surface area (Å²) in [5.74, 6) is 0.896. The van der Waals surface area contributed by atoms with Crippen molar-refractivity contribution in [2.45, 2.75) is 45.4 Å². The summed E-state index contributed by atoms with van der Waals surface area (Å²) >= 11 is 0. The Kier molecular flexibility index (Phi) is 7.28. The zero-order valence-corrected chi connectivity index (χ0v) is 17.3. The lowest BCUT2D eigenvalue weighted by Crippen LogP contribution is -2.31. The smallest absolute Gasteiger partial charge is 0.262 e. The number of amides is 2. The van der Waals surface area contributed by atoms with Crippen LogP contribution in [0.5, 0.6) is 5.75 Å². The molecule has 0 spiro atoms. The molecule has 0 radical (unpaired) electrons. The zero-order chi connectivity index (χ0) is 20.6. The number of para-hydroxylation sites is 1. The van der Waals surface area contributed by atoms with Gasteiger partial charge in [0.2, 0.25) is 0 Å². The molecule has 1 aliphatic rings. The highest BCUT2D eigenvalue weighted by atomic mass is 16.5. The van der Waals surface area contributed by atoms with Crippen LogP contribution in [0.25, 0.3) is 0 Å². The van der Waals surface area contributed by atoms with E-state index in [1.54, 1.807) is 24.3 Å². The zero-order valence-electron chi connectivity index (χ0n) is 17.3. The molecular weight excluding hydrogens is 364 g/mol. The molecule has 2 aromatic carbocycles. The average Bonchev–Trinajstić information content (AvgIpc) is 3.02. The molecule has 1 fully saturated rings. The number of ether oxygens (including phenoxy) is 1. The predicted octanol–water partition coefficient (Wildman–Crippen LogP) is 4.84. The molecule has 2 aromatic rings. The van der Waals surface area contributed by atoms with E-state index in [-0.39, 0.29) is 18.4 Å². The van der Waals surface area contributed by atoms with Crippen LogP contribution in [-0.4, -0.2) is 36.4 Å². The van der Waals surface area contributed by atoms with Gasteiger partial charge in [-0.25, -0.2) is 0 Å². The SMILES string of the molecule is CC(C)c1ccccc1OCC(=O)Nc1ccc(C(=O)N2CCCCCC2)cc1. The van der Waals surface area contributed by atoms with Gasteiger partial charge in [-0.2, -0.15) is 0 Å². The third kappa shape index (κ3) is 5.83. The van der Waals surface area contributed by atoms with E-state index in [1.165, 1.54) is 12.8 Å². The average molecular weight is 395 g/mol. The number of anilines is 1. The topological polar surface area (TPSA) is 58.6 Å². The maximum Gasteiger partial charge on any atom is 0.262 e. The van der Waals surface area contributed by atoms with Crippen LogP contribution in [0.15, 0.2) is 48.5 Å². The van der Waals surface area contributed by atoms with Gasteiger partial charge in [-0.15, -0.1) is 0 Å². The van der Waals surface area contributed by atoms with Crippen LogP contribution in [0.2, 0.25) is 0 Å². The van der Waals surface area contributed by atoms with E-state index in [9.17, 15) is 9.59 Å². The van der Waals surface area contributed by atoms with Gasteiger partial charge in [0, 0.05) is 24.3 Å². The Morgan fingerprint density at radius 1 is 0.966 bits per heavy atom. The standard InChI is InChI=1S/C24H30N2O3/c1-18(2)21-9-5-6-10-22(21)29-17-23(27)25-20-13-11-19(12-14-20)24(28)26-15-7-3-4-8-16-26/h5-6,9-14,18H,3-4,7-8,15-17H2,1-2H3,(H,25,27). The molecule has 1 N–H and O–H groups in total. The molecule has 1 heterocycles. The van der Waals surface area contributed by atoms with Crippen molar-refractivity contribution in [3.05, 3.63) is 59.7 Å². The van der Waals surface area contributed by atoms with E-state index in [4.69, 9.17) is 4.74 Å². The molecular formula is C24H30N2O3. The molecule has 0 aromatic heterocycles. The first kappa shape index (κ1) is 20.9. The van der Waals surface area contributed by atoms with Gasteiger partial charge in [-0.3, -0.25) is 9.59 Å². The van der Waals surface area contributed by atoms with Gasteiger partial charge in [0.1, 0.15) is 5.75 Å². The van der Waals surface area contributed by atoms with E-state index in [0.29, 0.717) is 17.2 Å². The number of hydrogen-bond acceptors (Lipinski definition) is 3. The monoisotopic (exact) mass is 394 g/mol. The van der Waals surface area contributed by atoms with Crippen molar-refractivity contribution in [3.63, 3.8) is 0 Å². The minimum atomic E-state index is -0.227. The van der Waals surface area contributed by atoms with Crippen molar-refractivity contribution in [1.82, 2.24) is 4.90 Å². The van der Waals surface area contributed by atoms with Crippen LogP contribution in [0.1, 0.15) is 61.4 Å². The van der Waals surface area contributed by atoms with Gasteiger partial charge >= 0.3 is 0 Å². The van der Waals surface area contributed by atoms with E-state index in [2.05, 4.69) is 19.2 Å². The summed E-state index contributed by atoms with van der Waals surface area (Å²) in [4.78, 5) is 26.8. The summed E-state index contributed by atoms with van der Waals surface area (Å²) in [7, 11) is 0.